The summed E-state index contributed by atoms with van der Waals surface area (Å²) in [5.41, 5.74) is 0.634. The van der Waals surface area contributed by atoms with Gasteiger partial charge in [-0.3, -0.25) is 9.48 Å². The molecule has 92 valence electrons. The van der Waals surface area contributed by atoms with Crippen molar-refractivity contribution < 1.29 is 14.3 Å². The molecule has 0 fully saturated rings. The topological polar surface area (TPSA) is 61.2 Å². The Morgan fingerprint density at radius 2 is 2.28 bits per heavy atom. The number of ether oxygens (including phenoxy) is 1. The first-order valence-corrected chi connectivity index (χ1v) is 5.86. The van der Waals surface area contributed by atoms with E-state index in [4.69, 9.17) is 4.74 Å². The summed E-state index contributed by atoms with van der Waals surface area (Å²) >= 11 is 3.22. The molecule has 2 rings (SSSR count). The van der Waals surface area contributed by atoms with E-state index in [-0.39, 0.29) is 5.69 Å². The SMILES string of the molecule is Cn1cc(Br)c(C(=O)Oc2cccc(C=O)c2)n1. The normalized spacial score (nSPS) is 10.1. The van der Waals surface area contributed by atoms with E-state index < -0.39 is 5.97 Å². The molecule has 0 aliphatic heterocycles. The molecular weight excluding hydrogens is 300 g/mol. The monoisotopic (exact) mass is 308 g/mol. The van der Waals surface area contributed by atoms with Gasteiger partial charge >= 0.3 is 5.97 Å². The third-order valence-electron chi connectivity index (χ3n) is 2.18. The molecule has 0 aliphatic carbocycles. The predicted molar refractivity (Wildman–Crippen MR) is 67.7 cm³/mol. The Bertz CT molecular complexity index is 607. The molecule has 18 heavy (non-hydrogen) atoms. The Labute approximate surface area is 111 Å². The molecule has 0 saturated heterocycles. The van der Waals surface area contributed by atoms with Gasteiger partial charge in [-0.1, -0.05) is 12.1 Å². The lowest BCUT2D eigenvalue weighted by atomic mass is 10.2. The van der Waals surface area contributed by atoms with Crippen LogP contribution in [0.15, 0.2) is 34.9 Å². The number of halogens is 1. The van der Waals surface area contributed by atoms with Crippen LogP contribution in [0, 0.1) is 0 Å². The van der Waals surface area contributed by atoms with E-state index in [1.165, 1.54) is 10.7 Å². The van der Waals surface area contributed by atoms with Crippen LogP contribution < -0.4 is 4.74 Å². The summed E-state index contributed by atoms with van der Waals surface area (Å²) in [6.07, 6.45) is 2.34. The van der Waals surface area contributed by atoms with Crippen molar-refractivity contribution in [3.63, 3.8) is 0 Å². The molecule has 5 nitrogen and oxygen atoms in total. The van der Waals surface area contributed by atoms with Gasteiger partial charge in [0.15, 0.2) is 5.69 Å². The molecule has 0 atom stereocenters. The number of aryl methyl sites for hydroxylation is 1. The van der Waals surface area contributed by atoms with E-state index in [9.17, 15) is 9.59 Å². The van der Waals surface area contributed by atoms with Crippen LogP contribution in [0.25, 0.3) is 0 Å². The maximum atomic E-state index is 11.8. The largest absolute Gasteiger partial charge is 0.422 e. The van der Waals surface area contributed by atoms with Crippen LogP contribution in [0.2, 0.25) is 0 Å². The molecule has 0 radical (unpaired) electrons. The summed E-state index contributed by atoms with van der Waals surface area (Å²) < 4.78 is 7.19. The lowest BCUT2D eigenvalue weighted by Gasteiger charge is -2.02. The third kappa shape index (κ3) is 2.65. The summed E-state index contributed by atoms with van der Waals surface area (Å²) in [6.45, 7) is 0. The minimum Gasteiger partial charge on any atom is -0.422 e. The average Bonchev–Trinajstić information content (AvgIpc) is 2.69. The third-order valence-corrected chi connectivity index (χ3v) is 2.76. The van der Waals surface area contributed by atoms with E-state index in [0.29, 0.717) is 22.1 Å². The Morgan fingerprint density at radius 1 is 1.50 bits per heavy atom. The van der Waals surface area contributed by atoms with Gasteiger partial charge in [0.05, 0.1) is 4.47 Å². The molecule has 0 bridgehead atoms. The molecular formula is C12H9BrN2O3. The number of nitrogens with zero attached hydrogens (tertiary/aromatic N) is 2. The molecule has 2 aromatic rings. The lowest BCUT2D eigenvalue weighted by molar-refractivity contribution is 0.0726. The van der Waals surface area contributed by atoms with Gasteiger partial charge in [0, 0.05) is 18.8 Å². The number of esters is 1. The molecule has 6 heteroatoms. The highest BCUT2D eigenvalue weighted by Gasteiger charge is 2.16. The molecule has 1 aromatic carbocycles. The predicted octanol–water partition coefficient (Wildman–Crippen LogP) is 2.21. The zero-order chi connectivity index (χ0) is 13.1. The summed E-state index contributed by atoms with van der Waals surface area (Å²) in [5.74, 6) is -0.271. The van der Waals surface area contributed by atoms with Crippen LogP contribution in [0.1, 0.15) is 20.8 Å². The van der Waals surface area contributed by atoms with Gasteiger partial charge in [0.1, 0.15) is 12.0 Å². The summed E-state index contributed by atoms with van der Waals surface area (Å²) in [6, 6.07) is 6.35. The molecule has 0 saturated carbocycles. The quantitative estimate of drug-likeness (QED) is 0.495. The second-order valence-corrected chi connectivity index (χ2v) is 4.43. The second-order valence-electron chi connectivity index (χ2n) is 3.58. The Morgan fingerprint density at radius 3 is 2.89 bits per heavy atom. The van der Waals surface area contributed by atoms with Crippen molar-refractivity contribution >= 4 is 28.2 Å². The number of hydrogen-bond donors (Lipinski definition) is 0. The van der Waals surface area contributed by atoms with Crippen molar-refractivity contribution in [2.75, 3.05) is 0 Å². The van der Waals surface area contributed by atoms with Crippen LogP contribution in [0.4, 0.5) is 0 Å². The van der Waals surface area contributed by atoms with Crippen LogP contribution in [0.3, 0.4) is 0 Å². The Balaban J connectivity index is 2.21. The van der Waals surface area contributed by atoms with E-state index in [1.807, 2.05) is 0 Å². The first kappa shape index (κ1) is 12.5. The van der Waals surface area contributed by atoms with Crippen LogP contribution in [0.5, 0.6) is 5.75 Å². The van der Waals surface area contributed by atoms with E-state index in [2.05, 4.69) is 21.0 Å². The summed E-state index contributed by atoms with van der Waals surface area (Å²) in [7, 11) is 1.70. The van der Waals surface area contributed by atoms with Crippen molar-refractivity contribution in [1.29, 1.82) is 0 Å². The minimum atomic E-state index is -0.578. The minimum absolute atomic E-state index is 0.189. The highest BCUT2D eigenvalue weighted by Crippen LogP contribution is 2.18. The Hall–Kier alpha value is -1.95. The first-order valence-electron chi connectivity index (χ1n) is 5.06. The Kier molecular flexibility index (Phi) is 3.57. The van der Waals surface area contributed by atoms with Crippen molar-refractivity contribution in [3.8, 4) is 5.75 Å². The van der Waals surface area contributed by atoms with Gasteiger partial charge in [-0.15, -0.1) is 0 Å². The number of hydrogen-bond acceptors (Lipinski definition) is 4. The summed E-state index contributed by atoms with van der Waals surface area (Å²) in [4.78, 5) is 22.4. The smallest absolute Gasteiger partial charge is 0.365 e. The number of aldehydes is 1. The van der Waals surface area contributed by atoms with Gasteiger partial charge in [-0.25, -0.2) is 4.79 Å². The molecule has 1 heterocycles. The number of aromatic nitrogens is 2. The zero-order valence-electron chi connectivity index (χ0n) is 9.46. The first-order chi connectivity index (χ1) is 8.60. The van der Waals surface area contributed by atoms with Gasteiger partial charge in [0.2, 0.25) is 0 Å². The van der Waals surface area contributed by atoms with Crippen LogP contribution >= 0.6 is 15.9 Å². The van der Waals surface area contributed by atoms with Crippen molar-refractivity contribution in [1.82, 2.24) is 9.78 Å². The lowest BCUT2D eigenvalue weighted by Crippen LogP contribution is -2.10. The average molecular weight is 309 g/mol. The fourth-order valence-corrected chi connectivity index (χ4v) is 1.94. The molecule has 0 spiro atoms. The van der Waals surface area contributed by atoms with E-state index in [1.54, 1.807) is 31.4 Å². The number of carbonyl (C=O) groups excluding carboxylic acids is 2. The fraction of sp³-hybridized carbons (Fsp3) is 0.0833. The van der Waals surface area contributed by atoms with Crippen molar-refractivity contribution in [2.45, 2.75) is 0 Å². The number of rotatable bonds is 3. The second kappa shape index (κ2) is 5.14. The van der Waals surface area contributed by atoms with Crippen LogP contribution in [-0.2, 0) is 7.05 Å². The number of carbonyl (C=O) groups is 2. The highest BCUT2D eigenvalue weighted by atomic mass is 79.9. The van der Waals surface area contributed by atoms with Gasteiger partial charge < -0.3 is 4.74 Å². The number of benzene rings is 1. The van der Waals surface area contributed by atoms with Crippen molar-refractivity contribution in [2.24, 2.45) is 7.05 Å². The fourth-order valence-electron chi connectivity index (χ4n) is 1.40. The summed E-state index contributed by atoms with van der Waals surface area (Å²) in [5, 5.41) is 3.97. The van der Waals surface area contributed by atoms with E-state index in [0.717, 1.165) is 0 Å². The molecule has 0 N–H and O–H groups in total. The molecule has 0 amide bonds. The molecule has 0 unspecified atom stereocenters. The van der Waals surface area contributed by atoms with Gasteiger partial charge in [-0.2, -0.15) is 5.10 Å². The van der Waals surface area contributed by atoms with Crippen molar-refractivity contribution in [3.05, 3.63) is 46.2 Å². The zero-order valence-corrected chi connectivity index (χ0v) is 11.0. The molecule has 0 aliphatic rings. The van der Waals surface area contributed by atoms with Gasteiger partial charge in [-0.05, 0) is 28.1 Å². The molecule has 1 aromatic heterocycles. The van der Waals surface area contributed by atoms with Gasteiger partial charge in [0.25, 0.3) is 0 Å². The maximum Gasteiger partial charge on any atom is 0.365 e. The maximum absolute atomic E-state index is 11.8. The standard InChI is InChI=1S/C12H9BrN2O3/c1-15-6-10(13)11(14-15)12(17)18-9-4-2-3-8(5-9)7-16/h2-7H,1H3. The highest BCUT2D eigenvalue weighted by molar-refractivity contribution is 9.10. The van der Waals surface area contributed by atoms with E-state index >= 15 is 0 Å². The van der Waals surface area contributed by atoms with Crippen LogP contribution in [-0.4, -0.2) is 22.0 Å².